The van der Waals surface area contributed by atoms with Crippen LogP contribution in [0.2, 0.25) is 0 Å². The van der Waals surface area contributed by atoms with Crippen molar-refractivity contribution in [1.29, 1.82) is 0 Å². The number of nitrogens with one attached hydrogen (secondary N) is 1. The lowest BCUT2D eigenvalue weighted by Gasteiger charge is -2.10. The first-order chi connectivity index (χ1) is 15.7. The molecule has 0 saturated heterocycles. The first-order valence-electron chi connectivity index (χ1n) is 9.15. The lowest BCUT2D eigenvalue weighted by Crippen LogP contribution is -2.17. The molecule has 0 aliphatic heterocycles. The topological polar surface area (TPSA) is 137 Å². The van der Waals surface area contributed by atoms with Crippen molar-refractivity contribution in [2.45, 2.75) is 4.90 Å². The minimum atomic E-state index is -4.38. The summed E-state index contributed by atoms with van der Waals surface area (Å²) in [6, 6.07) is 15.3. The van der Waals surface area contributed by atoms with Crippen molar-refractivity contribution in [3.8, 4) is 11.5 Å². The number of hydrazone groups is 1. The molecule has 3 rings (SSSR count). The minimum Gasteiger partial charge on any atom is -0.497 e. The molecule has 0 bridgehead atoms. The number of amides is 1. The molecule has 1 N–H and O–H groups in total. The Morgan fingerprint density at radius 1 is 1.12 bits per heavy atom. The molecule has 0 aromatic heterocycles. The fourth-order valence-corrected chi connectivity index (χ4v) is 3.96. The molecule has 33 heavy (non-hydrogen) atoms. The van der Waals surface area contributed by atoms with Gasteiger partial charge >= 0.3 is 10.1 Å². The fraction of sp³-hybridized carbons (Fsp3) is 0.0476. The van der Waals surface area contributed by atoms with E-state index in [2.05, 4.69) is 26.5 Å². The van der Waals surface area contributed by atoms with E-state index in [1.165, 1.54) is 43.7 Å². The third kappa shape index (κ3) is 6.14. The molecule has 0 aliphatic carbocycles. The molecule has 0 atom stereocenters. The number of rotatable bonds is 8. The van der Waals surface area contributed by atoms with E-state index in [0.717, 1.165) is 6.07 Å². The Hall–Kier alpha value is -3.77. The Morgan fingerprint density at radius 2 is 1.85 bits per heavy atom. The van der Waals surface area contributed by atoms with Crippen LogP contribution in [0.4, 0.5) is 5.69 Å². The SMILES string of the molecule is COc1ccc(C(=O)N/N=C\c2cc(Br)ccc2OS(=O)(=O)c2cccc([N+](=O)[O-])c2)cc1. The van der Waals surface area contributed by atoms with Crippen molar-refractivity contribution in [3.05, 3.63) is 92.4 Å². The average Bonchev–Trinajstić information content (AvgIpc) is 2.80. The van der Waals surface area contributed by atoms with Crippen molar-refractivity contribution < 1.29 is 27.1 Å². The summed E-state index contributed by atoms with van der Waals surface area (Å²) < 4.78 is 36.1. The number of benzene rings is 3. The molecule has 12 heteroatoms. The molecule has 10 nitrogen and oxygen atoms in total. The van der Waals surface area contributed by atoms with Crippen LogP contribution in [0.5, 0.6) is 11.5 Å². The molecule has 3 aromatic carbocycles. The number of carbonyl (C=O) groups excluding carboxylic acids is 1. The van der Waals surface area contributed by atoms with Crippen LogP contribution in [-0.2, 0) is 10.1 Å². The molecular weight excluding hydrogens is 518 g/mol. The molecule has 170 valence electrons. The second-order valence-corrected chi connectivity index (χ2v) is 8.86. The van der Waals surface area contributed by atoms with E-state index in [-0.39, 0.29) is 16.2 Å². The van der Waals surface area contributed by atoms with Crippen LogP contribution in [0.25, 0.3) is 0 Å². The summed E-state index contributed by atoms with van der Waals surface area (Å²) in [5.74, 6) is 0.0127. The van der Waals surface area contributed by atoms with Crippen molar-refractivity contribution in [2.75, 3.05) is 7.11 Å². The van der Waals surface area contributed by atoms with Gasteiger partial charge < -0.3 is 8.92 Å². The third-order valence-electron chi connectivity index (χ3n) is 4.21. The van der Waals surface area contributed by atoms with Gasteiger partial charge in [-0.15, -0.1) is 0 Å². The molecule has 0 saturated carbocycles. The van der Waals surface area contributed by atoms with Gasteiger partial charge in [-0.3, -0.25) is 14.9 Å². The molecule has 0 fully saturated rings. The summed E-state index contributed by atoms with van der Waals surface area (Å²) in [5.41, 5.74) is 2.52. The largest absolute Gasteiger partial charge is 0.497 e. The minimum absolute atomic E-state index is 0.0906. The normalized spacial score (nSPS) is 11.2. The maximum Gasteiger partial charge on any atom is 0.339 e. The van der Waals surface area contributed by atoms with E-state index >= 15 is 0 Å². The zero-order valence-electron chi connectivity index (χ0n) is 17.0. The number of ether oxygens (including phenoxy) is 1. The summed E-state index contributed by atoms with van der Waals surface area (Å²) >= 11 is 3.28. The lowest BCUT2D eigenvalue weighted by atomic mass is 10.2. The summed E-state index contributed by atoms with van der Waals surface area (Å²) in [5, 5.41) is 14.8. The third-order valence-corrected chi connectivity index (χ3v) is 5.93. The van der Waals surface area contributed by atoms with Crippen molar-refractivity contribution in [3.63, 3.8) is 0 Å². The van der Waals surface area contributed by atoms with Gasteiger partial charge in [-0.05, 0) is 48.5 Å². The van der Waals surface area contributed by atoms with Gasteiger partial charge in [0.15, 0.2) is 5.75 Å². The van der Waals surface area contributed by atoms with Gasteiger partial charge in [-0.1, -0.05) is 22.0 Å². The highest BCUT2D eigenvalue weighted by molar-refractivity contribution is 9.10. The summed E-state index contributed by atoms with van der Waals surface area (Å²) in [6.07, 6.45) is 1.21. The van der Waals surface area contributed by atoms with E-state index in [1.807, 2.05) is 0 Å². The zero-order valence-corrected chi connectivity index (χ0v) is 19.4. The predicted molar refractivity (Wildman–Crippen MR) is 123 cm³/mol. The molecule has 0 spiro atoms. The second kappa shape index (κ2) is 10.2. The number of halogens is 1. The summed E-state index contributed by atoms with van der Waals surface area (Å²) in [6.45, 7) is 0. The Balaban J connectivity index is 1.80. The predicted octanol–water partition coefficient (Wildman–Crippen LogP) is 3.90. The maximum atomic E-state index is 12.7. The van der Waals surface area contributed by atoms with E-state index in [9.17, 15) is 23.3 Å². The Kier molecular flexibility index (Phi) is 7.41. The number of non-ortho nitro benzene ring substituents is 1. The smallest absolute Gasteiger partial charge is 0.339 e. The molecular formula is C21H16BrN3O7S. The number of hydrogen-bond donors (Lipinski definition) is 1. The number of hydrogen-bond acceptors (Lipinski definition) is 8. The van der Waals surface area contributed by atoms with Crippen molar-refractivity contribution in [2.24, 2.45) is 5.10 Å². The van der Waals surface area contributed by atoms with Gasteiger partial charge in [0.25, 0.3) is 11.6 Å². The fourth-order valence-electron chi connectivity index (χ4n) is 2.58. The van der Waals surface area contributed by atoms with Crippen LogP contribution in [0, 0.1) is 10.1 Å². The number of methoxy groups -OCH3 is 1. The Bertz CT molecular complexity index is 1330. The van der Waals surface area contributed by atoms with Crippen LogP contribution in [-0.4, -0.2) is 32.6 Å². The first kappa shape index (κ1) is 23.9. The maximum absolute atomic E-state index is 12.7. The monoisotopic (exact) mass is 533 g/mol. The van der Waals surface area contributed by atoms with Crippen molar-refractivity contribution >= 4 is 43.9 Å². The molecule has 0 unspecified atom stereocenters. The number of nitrogens with zero attached hydrogens (tertiary/aromatic N) is 2. The van der Waals surface area contributed by atoms with E-state index in [4.69, 9.17) is 8.92 Å². The summed E-state index contributed by atoms with van der Waals surface area (Å²) in [4.78, 5) is 22.1. The quantitative estimate of drug-likeness (QED) is 0.200. The summed E-state index contributed by atoms with van der Waals surface area (Å²) in [7, 11) is -2.87. The highest BCUT2D eigenvalue weighted by Gasteiger charge is 2.21. The number of nitro benzene ring substituents is 1. The standard InChI is InChI=1S/C21H16BrN3O7S/c1-31-18-8-5-14(6-9-18)21(26)24-23-13-15-11-16(22)7-10-20(15)32-33(29,30)19-4-2-3-17(12-19)25(27)28/h2-13H,1H3,(H,24,26)/b23-13-. The van der Waals surface area contributed by atoms with Crippen LogP contribution in [0.1, 0.15) is 15.9 Å². The highest BCUT2D eigenvalue weighted by atomic mass is 79.9. The van der Waals surface area contributed by atoms with Crippen molar-refractivity contribution in [1.82, 2.24) is 5.43 Å². The Labute approximate surface area is 197 Å². The van der Waals surface area contributed by atoms with Gasteiger partial charge in [-0.2, -0.15) is 13.5 Å². The van der Waals surface area contributed by atoms with Gasteiger partial charge in [-0.25, -0.2) is 5.43 Å². The van der Waals surface area contributed by atoms with Gasteiger partial charge in [0, 0.05) is 27.7 Å². The second-order valence-electron chi connectivity index (χ2n) is 6.40. The highest BCUT2D eigenvalue weighted by Crippen LogP contribution is 2.26. The van der Waals surface area contributed by atoms with Crippen LogP contribution in [0.3, 0.4) is 0 Å². The van der Waals surface area contributed by atoms with E-state index < -0.39 is 26.6 Å². The molecule has 3 aromatic rings. The van der Waals surface area contributed by atoms with Gasteiger partial charge in [0.05, 0.1) is 18.2 Å². The van der Waals surface area contributed by atoms with Crippen LogP contribution >= 0.6 is 15.9 Å². The molecule has 0 heterocycles. The first-order valence-corrected chi connectivity index (χ1v) is 11.4. The van der Waals surface area contributed by atoms with E-state index in [1.54, 1.807) is 30.3 Å². The molecule has 0 radical (unpaired) electrons. The lowest BCUT2D eigenvalue weighted by molar-refractivity contribution is -0.385. The average molecular weight is 534 g/mol. The van der Waals surface area contributed by atoms with Gasteiger partial charge in [0.1, 0.15) is 10.6 Å². The van der Waals surface area contributed by atoms with Crippen LogP contribution < -0.4 is 14.3 Å². The number of carbonyl (C=O) groups is 1. The zero-order chi connectivity index (χ0) is 24.0. The van der Waals surface area contributed by atoms with Gasteiger partial charge in [0.2, 0.25) is 0 Å². The molecule has 1 amide bonds. The van der Waals surface area contributed by atoms with E-state index in [0.29, 0.717) is 15.8 Å². The molecule has 0 aliphatic rings. The number of nitro groups is 1. The Morgan fingerprint density at radius 3 is 2.52 bits per heavy atom. The van der Waals surface area contributed by atoms with Crippen LogP contribution in [0.15, 0.2) is 81.2 Å².